The summed E-state index contributed by atoms with van der Waals surface area (Å²) in [6.45, 7) is 16.6. The lowest BCUT2D eigenvalue weighted by atomic mass is 10.2. The average molecular weight is 466 g/mol. The van der Waals surface area contributed by atoms with E-state index in [1.54, 1.807) is 7.11 Å². The van der Waals surface area contributed by atoms with Gasteiger partial charge in [0.05, 0.1) is 12.2 Å². The second-order valence-electron chi connectivity index (χ2n) is 8.39. The molecule has 4 atom stereocenters. The van der Waals surface area contributed by atoms with E-state index in [4.69, 9.17) is 20.7 Å². The Bertz CT molecular complexity index is 893. The summed E-state index contributed by atoms with van der Waals surface area (Å²) < 4.78 is 21.1. The number of hydrogen-bond donors (Lipinski definition) is 1. The highest BCUT2D eigenvalue weighted by molar-refractivity contribution is 7.44. The largest absolute Gasteiger partial charge is 0.351 e. The molecule has 2 rings (SSSR count). The average Bonchev–Trinajstić information content (AvgIpc) is 3.08. The maximum absolute atomic E-state index is 12.4. The number of H-pyrrole nitrogens is 1. The number of unbranched alkanes of at least 4 members (excludes halogenated alkanes) is 3. The minimum atomic E-state index is -1.35. The Balaban J connectivity index is 2.17. The van der Waals surface area contributed by atoms with E-state index < -0.39 is 38.2 Å². The van der Waals surface area contributed by atoms with Crippen molar-refractivity contribution in [1.29, 1.82) is 0 Å². The van der Waals surface area contributed by atoms with Crippen LogP contribution in [0.25, 0.3) is 0 Å². The Labute approximate surface area is 192 Å². The van der Waals surface area contributed by atoms with Crippen molar-refractivity contribution < 1.29 is 13.8 Å². The number of aromatic nitrogens is 2. The summed E-state index contributed by atoms with van der Waals surface area (Å²) in [4.78, 5) is 26.9. The molecule has 1 aromatic heterocycles. The number of aromatic amines is 1. The summed E-state index contributed by atoms with van der Waals surface area (Å²) in [5, 5.41) is 0. The summed E-state index contributed by atoms with van der Waals surface area (Å²) in [5.41, 5.74) is -0.839. The lowest BCUT2D eigenvalue weighted by molar-refractivity contribution is 0.00474. The zero-order valence-corrected chi connectivity index (χ0v) is 20.9. The summed E-state index contributed by atoms with van der Waals surface area (Å²) in [5.74, 6) is 5.88. The van der Waals surface area contributed by atoms with Crippen LogP contribution in [-0.2, 0) is 13.8 Å². The summed E-state index contributed by atoms with van der Waals surface area (Å²) in [6, 6.07) is 0.436. The van der Waals surface area contributed by atoms with Crippen LogP contribution < -0.4 is 11.2 Å². The zero-order chi connectivity index (χ0) is 23.8. The minimum absolute atomic E-state index is 0.218. The topological polar surface area (TPSA) is 85.8 Å². The van der Waals surface area contributed by atoms with Crippen molar-refractivity contribution in [1.82, 2.24) is 14.2 Å². The predicted octanol–water partition coefficient (Wildman–Crippen LogP) is 3.84. The molecule has 2 unspecified atom stereocenters. The van der Waals surface area contributed by atoms with Crippen molar-refractivity contribution >= 4 is 8.53 Å². The van der Waals surface area contributed by atoms with E-state index in [9.17, 15) is 9.59 Å². The summed E-state index contributed by atoms with van der Waals surface area (Å²) in [7, 11) is 0.258. The molecule has 0 spiro atoms. The van der Waals surface area contributed by atoms with Gasteiger partial charge in [-0.15, -0.1) is 0 Å². The van der Waals surface area contributed by atoms with Gasteiger partial charge in [0.2, 0.25) is 0 Å². The molecule has 8 nitrogen and oxygen atoms in total. The fourth-order valence-electron chi connectivity index (χ4n) is 3.63. The number of ether oxygens (including phenoxy) is 1. The number of hydrogen-bond acceptors (Lipinski definition) is 6. The molecule has 2 radical (unpaired) electrons. The molecule has 1 aromatic rings. The van der Waals surface area contributed by atoms with Gasteiger partial charge in [-0.2, -0.15) is 0 Å². The van der Waals surface area contributed by atoms with E-state index >= 15 is 0 Å². The van der Waals surface area contributed by atoms with Crippen LogP contribution in [0.2, 0.25) is 0 Å². The maximum Gasteiger partial charge on any atom is 0.330 e. The van der Waals surface area contributed by atoms with Crippen LogP contribution in [0.1, 0.15) is 78.5 Å². The highest BCUT2D eigenvalue weighted by Crippen LogP contribution is 2.48. The first-order valence-corrected chi connectivity index (χ1v) is 12.4. The van der Waals surface area contributed by atoms with Crippen molar-refractivity contribution in [2.24, 2.45) is 0 Å². The Hall–Kier alpha value is -1.49. The Morgan fingerprint density at radius 3 is 2.59 bits per heavy atom. The molecule has 1 aliphatic rings. The normalized spacial score (nSPS) is 21.9. The molecule has 178 valence electrons. The summed E-state index contributed by atoms with van der Waals surface area (Å²) in [6.07, 6.45) is 3.81. The van der Waals surface area contributed by atoms with Gasteiger partial charge in [0.15, 0.2) is 0 Å². The molecule has 1 saturated heterocycles. The fourth-order valence-corrected chi connectivity index (χ4v) is 5.21. The quantitative estimate of drug-likeness (QED) is 0.321. The van der Waals surface area contributed by atoms with E-state index in [1.807, 2.05) is 0 Å². The molecule has 1 fully saturated rings. The second kappa shape index (κ2) is 12.7. The van der Waals surface area contributed by atoms with Crippen LogP contribution in [0.5, 0.6) is 0 Å². The van der Waals surface area contributed by atoms with Gasteiger partial charge in [-0.3, -0.25) is 14.3 Å². The van der Waals surface area contributed by atoms with Gasteiger partial charge in [0, 0.05) is 38.2 Å². The van der Waals surface area contributed by atoms with Gasteiger partial charge >= 0.3 is 5.69 Å². The highest BCUT2D eigenvalue weighted by Gasteiger charge is 2.39. The van der Waals surface area contributed by atoms with E-state index in [-0.39, 0.29) is 17.6 Å². The van der Waals surface area contributed by atoms with E-state index in [0.29, 0.717) is 12.8 Å². The summed E-state index contributed by atoms with van der Waals surface area (Å²) >= 11 is 0. The Morgan fingerprint density at radius 2 is 2.00 bits per heavy atom. The van der Waals surface area contributed by atoms with Crippen molar-refractivity contribution in [3.63, 3.8) is 0 Å². The van der Waals surface area contributed by atoms with Crippen LogP contribution in [-0.4, -0.2) is 45.6 Å². The lowest BCUT2D eigenvalue weighted by Gasteiger charge is -2.36. The van der Waals surface area contributed by atoms with E-state index in [2.05, 4.69) is 56.1 Å². The first kappa shape index (κ1) is 26.8. The van der Waals surface area contributed by atoms with Gasteiger partial charge in [0.1, 0.15) is 11.8 Å². The molecular weight excluding hydrogens is 429 g/mol. The van der Waals surface area contributed by atoms with E-state index in [0.717, 1.165) is 19.3 Å². The predicted molar refractivity (Wildman–Crippen MR) is 126 cm³/mol. The molecule has 9 heteroatoms. The van der Waals surface area contributed by atoms with Crippen LogP contribution >= 0.6 is 8.53 Å². The number of rotatable bonds is 10. The van der Waals surface area contributed by atoms with Crippen LogP contribution in [0.3, 0.4) is 0 Å². The van der Waals surface area contributed by atoms with Gasteiger partial charge in [-0.05, 0) is 41.0 Å². The third-order valence-electron chi connectivity index (χ3n) is 5.15. The minimum Gasteiger partial charge on any atom is -0.351 e. The molecule has 0 saturated carbocycles. The monoisotopic (exact) mass is 465 g/mol. The lowest BCUT2D eigenvalue weighted by Crippen LogP contribution is -2.35. The van der Waals surface area contributed by atoms with E-state index in [1.165, 1.54) is 10.8 Å². The Kier molecular flexibility index (Phi) is 10.6. The smallest absolute Gasteiger partial charge is 0.330 e. The number of nitrogens with zero attached hydrogens (tertiary/aromatic N) is 2. The van der Waals surface area contributed by atoms with Gasteiger partial charge in [-0.1, -0.05) is 31.6 Å². The van der Waals surface area contributed by atoms with Crippen LogP contribution in [0.15, 0.2) is 15.8 Å². The van der Waals surface area contributed by atoms with Crippen molar-refractivity contribution in [2.45, 2.75) is 97.2 Å². The van der Waals surface area contributed by atoms with Crippen molar-refractivity contribution in [3.05, 3.63) is 39.5 Å². The molecule has 32 heavy (non-hydrogen) atoms. The molecule has 0 aliphatic carbocycles. The first-order chi connectivity index (χ1) is 15.2. The fraction of sp³-hybridized carbons (Fsp3) is 0.696. The Morgan fingerprint density at radius 1 is 1.31 bits per heavy atom. The zero-order valence-electron chi connectivity index (χ0n) is 20.0. The van der Waals surface area contributed by atoms with Crippen molar-refractivity contribution in [2.75, 3.05) is 7.11 Å². The van der Waals surface area contributed by atoms with Gasteiger partial charge < -0.3 is 13.8 Å². The molecular formula is C23H36N3O5P. The first-order valence-electron chi connectivity index (χ1n) is 11.2. The highest BCUT2D eigenvalue weighted by atomic mass is 31.2. The van der Waals surface area contributed by atoms with Gasteiger partial charge in [0.25, 0.3) is 14.1 Å². The van der Waals surface area contributed by atoms with Crippen LogP contribution in [0.4, 0.5) is 0 Å². The molecule has 1 N–H and O–H groups in total. The third kappa shape index (κ3) is 7.00. The maximum atomic E-state index is 12.4. The molecule has 1 aliphatic heterocycles. The van der Waals surface area contributed by atoms with Gasteiger partial charge in [-0.25, -0.2) is 9.46 Å². The molecule has 0 amide bonds. The number of nitrogens with one attached hydrogen (secondary N) is 1. The SMILES string of the molecule is [CH][C@H]1O[C@@H](n2cc(C#CCCCCC)c(=O)[nH]c2=O)CC1OP(OC)N(C(C)C)C(C)C. The third-order valence-corrected chi connectivity index (χ3v) is 7.21. The van der Waals surface area contributed by atoms with Crippen molar-refractivity contribution in [3.8, 4) is 11.8 Å². The molecule has 0 bridgehead atoms. The molecule has 0 aromatic carbocycles. The van der Waals surface area contributed by atoms with Crippen LogP contribution in [0, 0.1) is 18.8 Å². The standard InChI is InChI=1S/C23H36N3O5P/c1-8-9-10-11-12-13-19-15-25(23(28)24-22(19)27)21-14-20(18(6)30-21)31-32(29-7)26(16(2)3)17(4)5/h6,15-18,20-21H,8-11,14H2,1-5,7H3,(H,24,27,28)/t18-,20?,21-,32?/m1/s1. The second-order valence-corrected chi connectivity index (χ2v) is 9.90. The molecule has 2 heterocycles.